The third-order valence-electron chi connectivity index (χ3n) is 3.03. The second-order valence-electron chi connectivity index (χ2n) is 4.42. The van der Waals surface area contributed by atoms with E-state index in [0.717, 1.165) is 24.6 Å². The zero-order valence-corrected chi connectivity index (χ0v) is 11.7. The number of rotatable bonds is 4. The zero-order valence-electron chi connectivity index (χ0n) is 10.8. The van der Waals surface area contributed by atoms with Crippen LogP contribution in [0.3, 0.4) is 0 Å². The van der Waals surface area contributed by atoms with E-state index in [9.17, 15) is 5.11 Å². The molecule has 0 aliphatic carbocycles. The number of aliphatic hydroxyl groups excluding tert-OH is 2. The molecule has 2 heterocycles. The molecule has 0 spiro atoms. The first kappa shape index (κ1) is 14.5. The molecule has 0 radical (unpaired) electrons. The standard InChI is InChI=1S/C14H19NO3S/c16-7-2-1-3-13-4-5-14(19-13)9-15-6-8-18-11-12(15)10-17/h4-5,12,16-17H,2,6-11H2. The third kappa shape index (κ3) is 4.30. The van der Waals surface area contributed by atoms with Crippen molar-refractivity contribution in [1.82, 2.24) is 4.90 Å². The van der Waals surface area contributed by atoms with Crippen LogP contribution in [0.1, 0.15) is 16.2 Å². The highest BCUT2D eigenvalue weighted by Gasteiger charge is 2.22. The third-order valence-corrected chi connectivity index (χ3v) is 4.01. The van der Waals surface area contributed by atoms with E-state index in [1.54, 1.807) is 11.3 Å². The minimum Gasteiger partial charge on any atom is -0.395 e. The van der Waals surface area contributed by atoms with Gasteiger partial charge in [0.25, 0.3) is 0 Å². The second kappa shape index (κ2) is 7.63. The highest BCUT2D eigenvalue weighted by molar-refractivity contribution is 7.12. The summed E-state index contributed by atoms with van der Waals surface area (Å²) in [5.41, 5.74) is 0. The lowest BCUT2D eigenvalue weighted by Crippen LogP contribution is -2.46. The van der Waals surface area contributed by atoms with Gasteiger partial charge in [-0.1, -0.05) is 11.8 Å². The van der Waals surface area contributed by atoms with Crippen molar-refractivity contribution in [3.8, 4) is 11.8 Å². The van der Waals surface area contributed by atoms with Crippen LogP contribution in [0.15, 0.2) is 12.1 Å². The minimum atomic E-state index is 0.0970. The first-order valence-corrected chi connectivity index (χ1v) is 7.26. The van der Waals surface area contributed by atoms with Crippen LogP contribution >= 0.6 is 11.3 Å². The molecule has 1 aromatic rings. The smallest absolute Gasteiger partial charge is 0.0771 e. The van der Waals surface area contributed by atoms with Gasteiger partial charge in [-0.2, -0.15) is 0 Å². The molecule has 1 aromatic heterocycles. The Labute approximate surface area is 117 Å². The number of aliphatic hydroxyl groups is 2. The summed E-state index contributed by atoms with van der Waals surface area (Å²) in [4.78, 5) is 4.52. The molecule has 1 aliphatic heterocycles. The van der Waals surface area contributed by atoms with E-state index < -0.39 is 0 Å². The van der Waals surface area contributed by atoms with Gasteiger partial charge in [0.05, 0.1) is 37.3 Å². The predicted octanol–water partition coefficient (Wildman–Crippen LogP) is 0.675. The summed E-state index contributed by atoms with van der Waals surface area (Å²) >= 11 is 1.67. The van der Waals surface area contributed by atoms with Crippen molar-refractivity contribution in [2.45, 2.75) is 19.0 Å². The molecule has 0 bridgehead atoms. The summed E-state index contributed by atoms with van der Waals surface area (Å²) in [6.45, 7) is 3.26. The second-order valence-corrected chi connectivity index (χ2v) is 5.59. The van der Waals surface area contributed by atoms with Crippen molar-refractivity contribution in [3.63, 3.8) is 0 Å². The first-order valence-electron chi connectivity index (χ1n) is 6.44. The van der Waals surface area contributed by atoms with E-state index in [1.807, 2.05) is 6.07 Å². The molecule has 4 nitrogen and oxygen atoms in total. The fourth-order valence-corrected chi connectivity index (χ4v) is 2.91. The van der Waals surface area contributed by atoms with Gasteiger partial charge in [-0.3, -0.25) is 4.90 Å². The molecule has 5 heteroatoms. The van der Waals surface area contributed by atoms with Crippen molar-refractivity contribution in [3.05, 3.63) is 21.9 Å². The maximum absolute atomic E-state index is 9.32. The highest BCUT2D eigenvalue weighted by Crippen LogP contribution is 2.19. The predicted molar refractivity (Wildman–Crippen MR) is 75.0 cm³/mol. The van der Waals surface area contributed by atoms with Gasteiger partial charge in [-0.05, 0) is 12.1 Å². The quantitative estimate of drug-likeness (QED) is 0.797. The van der Waals surface area contributed by atoms with Crippen LogP contribution < -0.4 is 0 Å². The van der Waals surface area contributed by atoms with Crippen LogP contribution in [0.4, 0.5) is 0 Å². The Morgan fingerprint density at radius 3 is 3.11 bits per heavy atom. The maximum Gasteiger partial charge on any atom is 0.0771 e. The van der Waals surface area contributed by atoms with Crippen LogP contribution in [0.2, 0.25) is 0 Å². The molecule has 2 rings (SSSR count). The summed E-state index contributed by atoms with van der Waals surface area (Å²) in [5, 5.41) is 18.0. The van der Waals surface area contributed by atoms with Crippen molar-refractivity contribution in [2.24, 2.45) is 0 Å². The van der Waals surface area contributed by atoms with Gasteiger partial charge in [0.1, 0.15) is 0 Å². The number of ether oxygens (including phenoxy) is 1. The summed E-state index contributed by atoms with van der Waals surface area (Å²) in [5.74, 6) is 5.97. The average Bonchev–Trinajstić information content (AvgIpc) is 2.87. The number of thiophene rings is 1. The maximum atomic E-state index is 9.32. The van der Waals surface area contributed by atoms with Crippen LogP contribution in [0.5, 0.6) is 0 Å². The van der Waals surface area contributed by atoms with E-state index in [-0.39, 0.29) is 19.3 Å². The lowest BCUT2D eigenvalue weighted by Gasteiger charge is -2.33. The number of hydrogen-bond donors (Lipinski definition) is 2. The van der Waals surface area contributed by atoms with Gasteiger partial charge < -0.3 is 14.9 Å². The van der Waals surface area contributed by atoms with Crippen LogP contribution in [0.25, 0.3) is 0 Å². The van der Waals surface area contributed by atoms with Gasteiger partial charge in [0.15, 0.2) is 0 Å². The van der Waals surface area contributed by atoms with Crippen LogP contribution in [-0.2, 0) is 11.3 Å². The molecule has 1 aliphatic rings. The van der Waals surface area contributed by atoms with E-state index in [1.165, 1.54) is 4.88 Å². The van der Waals surface area contributed by atoms with E-state index >= 15 is 0 Å². The Kier molecular flexibility index (Phi) is 5.83. The molecule has 19 heavy (non-hydrogen) atoms. The summed E-state index contributed by atoms with van der Waals surface area (Å²) < 4.78 is 5.37. The first-order chi connectivity index (χ1) is 9.33. The number of nitrogens with zero attached hydrogens (tertiary/aromatic N) is 1. The van der Waals surface area contributed by atoms with Crippen molar-refractivity contribution in [2.75, 3.05) is 33.0 Å². The lowest BCUT2D eigenvalue weighted by molar-refractivity contribution is -0.0308. The van der Waals surface area contributed by atoms with Gasteiger partial charge in [-0.25, -0.2) is 0 Å². The Morgan fingerprint density at radius 2 is 2.32 bits per heavy atom. The average molecular weight is 281 g/mol. The largest absolute Gasteiger partial charge is 0.395 e. The van der Waals surface area contributed by atoms with Gasteiger partial charge in [0, 0.05) is 24.4 Å². The molecular weight excluding hydrogens is 262 g/mol. The molecular formula is C14H19NO3S. The topological polar surface area (TPSA) is 52.9 Å². The molecule has 1 unspecified atom stereocenters. The number of morpholine rings is 1. The molecule has 1 atom stereocenters. The molecule has 2 N–H and O–H groups in total. The van der Waals surface area contributed by atoms with E-state index in [2.05, 4.69) is 22.8 Å². The van der Waals surface area contributed by atoms with Gasteiger partial charge in [-0.15, -0.1) is 11.3 Å². The molecule has 0 amide bonds. The lowest BCUT2D eigenvalue weighted by atomic mass is 10.2. The van der Waals surface area contributed by atoms with E-state index in [0.29, 0.717) is 13.0 Å². The molecule has 1 fully saturated rings. The SMILES string of the molecule is OCCC#Cc1ccc(CN2CCOCC2CO)s1. The molecule has 0 saturated carbocycles. The fraction of sp³-hybridized carbons (Fsp3) is 0.571. The number of hydrogen-bond acceptors (Lipinski definition) is 5. The van der Waals surface area contributed by atoms with E-state index in [4.69, 9.17) is 9.84 Å². The summed E-state index contributed by atoms with van der Waals surface area (Å²) in [6.07, 6.45) is 0.517. The Balaban J connectivity index is 1.93. The van der Waals surface area contributed by atoms with Crippen molar-refractivity contribution in [1.29, 1.82) is 0 Å². The normalized spacial score (nSPS) is 20.0. The Bertz CT molecular complexity index is 449. The van der Waals surface area contributed by atoms with Gasteiger partial charge in [0.2, 0.25) is 0 Å². The van der Waals surface area contributed by atoms with Crippen molar-refractivity contribution >= 4 is 11.3 Å². The Morgan fingerprint density at radius 1 is 1.42 bits per heavy atom. The highest BCUT2D eigenvalue weighted by atomic mass is 32.1. The molecule has 104 valence electrons. The van der Waals surface area contributed by atoms with Gasteiger partial charge >= 0.3 is 0 Å². The molecule has 1 saturated heterocycles. The minimum absolute atomic E-state index is 0.0970. The monoisotopic (exact) mass is 281 g/mol. The van der Waals surface area contributed by atoms with Crippen molar-refractivity contribution < 1.29 is 14.9 Å². The molecule has 0 aromatic carbocycles. The fourth-order valence-electron chi connectivity index (χ4n) is 2.00. The van der Waals surface area contributed by atoms with Crippen LogP contribution in [-0.4, -0.2) is 54.1 Å². The van der Waals surface area contributed by atoms with Crippen LogP contribution in [0, 0.1) is 11.8 Å². The summed E-state index contributed by atoms with van der Waals surface area (Å²) in [6, 6.07) is 4.19. The summed E-state index contributed by atoms with van der Waals surface area (Å²) in [7, 11) is 0. The zero-order chi connectivity index (χ0) is 13.5. The Hall–Kier alpha value is -0.900.